The molecule has 4 nitrogen and oxygen atoms in total. The molecule has 7 heteroatoms. The van der Waals surface area contributed by atoms with Gasteiger partial charge < -0.3 is 10.6 Å². The number of hydrogen-bond donors (Lipinski definition) is 2. The van der Waals surface area contributed by atoms with Gasteiger partial charge in [-0.1, -0.05) is 43.2 Å². The highest BCUT2D eigenvalue weighted by atomic mass is 19.4. The van der Waals surface area contributed by atoms with Gasteiger partial charge in [0.1, 0.15) is 5.82 Å². The minimum absolute atomic E-state index is 0.0345. The molecule has 2 aromatic rings. The van der Waals surface area contributed by atoms with Crippen molar-refractivity contribution in [2.75, 3.05) is 10.6 Å². The van der Waals surface area contributed by atoms with Crippen LogP contribution in [0.25, 0.3) is 0 Å². The zero-order valence-electron chi connectivity index (χ0n) is 13.1. The fourth-order valence-electron chi connectivity index (χ4n) is 2.79. The largest absolute Gasteiger partial charge is 0.433 e. The molecule has 0 amide bonds. The maximum atomic E-state index is 13.1. The van der Waals surface area contributed by atoms with Gasteiger partial charge in [0.25, 0.3) is 0 Å². The summed E-state index contributed by atoms with van der Waals surface area (Å²) >= 11 is 0. The van der Waals surface area contributed by atoms with Crippen LogP contribution in [0.1, 0.15) is 36.9 Å². The molecule has 1 aliphatic rings. The molecule has 1 saturated carbocycles. The Balaban J connectivity index is 1.78. The summed E-state index contributed by atoms with van der Waals surface area (Å²) in [5.74, 6) is 0.203. The maximum Gasteiger partial charge on any atom is 0.433 e. The number of hydrogen-bond acceptors (Lipinski definition) is 4. The number of benzene rings is 1. The Labute approximate surface area is 138 Å². The van der Waals surface area contributed by atoms with E-state index >= 15 is 0 Å². The first-order chi connectivity index (χ1) is 11.5. The number of halogens is 3. The lowest BCUT2D eigenvalue weighted by molar-refractivity contribution is -0.141. The van der Waals surface area contributed by atoms with Gasteiger partial charge in [-0.05, 0) is 18.4 Å². The highest BCUT2D eigenvalue weighted by molar-refractivity contribution is 5.44. The van der Waals surface area contributed by atoms with E-state index < -0.39 is 11.9 Å². The van der Waals surface area contributed by atoms with E-state index in [2.05, 4.69) is 20.6 Å². The summed E-state index contributed by atoms with van der Waals surface area (Å²) in [6.45, 7) is 0.401. The van der Waals surface area contributed by atoms with Crippen molar-refractivity contribution in [3.63, 3.8) is 0 Å². The van der Waals surface area contributed by atoms with Crippen LogP contribution in [0.15, 0.2) is 36.4 Å². The first-order valence-electron chi connectivity index (χ1n) is 8.01. The molecular weight excluding hydrogens is 317 g/mol. The van der Waals surface area contributed by atoms with Gasteiger partial charge in [0.05, 0.1) is 0 Å². The van der Waals surface area contributed by atoms with Crippen LogP contribution >= 0.6 is 0 Å². The van der Waals surface area contributed by atoms with Crippen LogP contribution in [0, 0.1) is 0 Å². The SMILES string of the molecule is FC(F)(F)c1cc(NCc2ccccc2)nc(NC2CCCC2)n1. The first-order valence-corrected chi connectivity index (χ1v) is 8.01. The van der Waals surface area contributed by atoms with Crippen molar-refractivity contribution in [2.24, 2.45) is 0 Å². The fraction of sp³-hybridized carbons (Fsp3) is 0.412. The minimum Gasteiger partial charge on any atom is -0.366 e. The normalized spacial score (nSPS) is 15.5. The molecular formula is C17H19F3N4. The van der Waals surface area contributed by atoms with Crippen molar-refractivity contribution < 1.29 is 13.2 Å². The number of anilines is 2. The summed E-state index contributed by atoms with van der Waals surface area (Å²) in [6, 6.07) is 10.5. The van der Waals surface area contributed by atoms with Gasteiger partial charge in [-0.2, -0.15) is 18.2 Å². The van der Waals surface area contributed by atoms with Crippen LogP contribution < -0.4 is 10.6 Å². The van der Waals surface area contributed by atoms with E-state index in [9.17, 15) is 13.2 Å². The van der Waals surface area contributed by atoms with E-state index in [1.807, 2.05) is 30.3 Å². The molecule has 24 heavy (non-hydrogen) atoms. The quantitative estimate of drug-likeness (QED) is 0.846. The van der Waals surface area contributed by atoms with Crippen molar-refractivity contribution in [2.45, 2.75) is 44.4 Å². The molecule has 0 bridgehead atoms. The number of aromatic nitrogens is 2. The Morgan fingerprint density at radius 3 is 2.42 bits per heavy atom. The Morgan fingerprint density at radius 1 is 1.04 bits per heavy atom. The molecule has 1 fully saturated rings. The third kappa shape index (κ3) is 4.37. The van der Waals surface area contributed by atoms with Gasteiger partial charge in [-0.25, -0.2) is 4.98 Å². The summed E-state index contributed by atoms with van der Waals surface area (Å²) in [6.07, 6.45) is -0.470. The van der Waals surface area contributed by atoms with Gasteiger partial charge in [0.15, 0.2) is 5.69 Å². The summed E-state index contributed by atoms with van der Waals surface area (Å²) in [4.78, 5) is 7.83. The Bertz CT molecular complexity index is 667. The van der Waals surface area contributed by atoms with Gasteiger partial charge in [0, 0.05) is 18.7 Å². The van der Waals surface area contributed by atoms with Crippen molar-refractivity contribution in [1.29, 1.82) is 0 Å². The summed E-state index contributed by atoms with van der Waals surface area (Å²) in [5.41, 5.74) is 0.0310. The Hall–Kier alpha value is -2.31. The lowest BCUT2D eigenvalue weighted by atomic mass is 10.2. The van der Waals surface area contributed by atoms with Crippen molar-refractivity contribution >= 4 is 11.8 Å². The molecule has 1 aromatic carbocycles. The molecule has 1 aliphatic carbocycles. The molecule has 1 heterocycles. The molecule has 0 radical (unpaired) electrons. The Kier molecular flexibility index (Phi) is 4.87. The number of nitrogens with zero attached hydrogens (tertiary/aromatic N) is 2. The summed E-state index contributed by atoms with van der Waals surface area (Å²) < 4.78 is 39.2. The van der Waals surface area contributed by atoms with Gasteiger partial charge in [-0.3, -0.25) is 0 Å². The van der Waals surface area contributed by atoms with Gasteiger partial charge >= 0.3 is 6.18 Å². The molecule has 0 atom stereocenters. The van der Waals surface area contributed by atoms with Gasteiger partial charge in [-0.15, -0.1) is 0 Å². The van der Waals surface area contributed by atoms with Gasteiger partial charge in [0.2, 0.25) is 5.95 Å². The number of alkyl halides is 3. The highest BCUT2D eigenvalue weighted by Gasteiger charge is 2.34. The molecule has 0 saturated heterocycles. The number of rotatable bonds is 5. The molecule has 128 valence electrons. The van der Waals surface area contributed by atoms with Crippen molar-refractivity contribution in [3.05, 3.63) is 47.7 Å². The predicted octanol–water partition coefficient (Wildman–Crippen LogP) is 4.46. The van der Waals surface area contributed by atoms with Crippen LogP contribution in [0.2, 0.25) is 0 Å². The van der Waals surface area contributed by atoms with Crippen LogP contribution in [-0.4, -0.2) is 16.0 Å². The molecule has 0 unspecified atom stereocenters. The second-order valence-corrected chi connectivity index (χ2v) is 5.92. The molecule has 3 rings (SSSR count). The zero-order chi connectivity index (χ0) is 17.0. The summed E-state index contributed by atoms with van der Waals surface area (Å²) in [5, 5.41) is 5.98. The van der Waals surface area contributed by atoms with E-state index in [1.165, 1.54) is 0 Å². The molecule has 1 aromatic heterocycles. The van der Waals surface area contributed by atoms with E-state index in [4.69, 9.17) is 0 Å². The summed E-state index contributed by atoms with van der Waals surface area (Å²) in [7, 11) is 0. The van der Waals surface area contributed by atoms with Crippen LogP contribution in [0.3, 0.4) is 0 Å². The van der Waals surface area contributed by atoms with Crippen LogP contribution in [0.5, 0.6) is 0 Å². The monoisotopic (exact) mass is 336 g/mol. The third-order valence-corrected chi connectivity index (χ3v) is 4.02. The predicted molar refractivity (Wildman–Crippen MR) is 86.7 cm³/mol. The average molecular weight is 336 g/mol. The molecule has 2 N–H and O–H groups in total. The third-order valence-electron chi connectivity index (χ3n) is 4.02. The molecule has 0 aliphatic heterocycles. The highest BCUT2D eigenvalue weighted by Crippen LogP contribution is 2.30. The zero-order valence-corrected chi connectivity index (χ0v) is 13.1. The average Bonchev–Trinajstić information content (AvgIpc) is 3.06. The van der Waals surface area contributed by atoms with E-state index in [0.29, 0.717) is 6.54 Å². The van der Waals surface area contributed by atoms with Crippen molar-refractivity contribution in [3.8, 4) is 0 Å². The van der Waals surface area contributed by atoms with E-state index in [0.717, 1.165) is 37.3 Å². The van der Waals surface area contributed by atoms with Crippen molar-refractivity contribution in [1.82, 2.24) is 9.97 Å². The topological polar surface area (TPSA) is 49.8 Å². The first kappa shape index (κ1) is 16.5. The standard InChI is InChI=1S/C17H19F3N4/c18-17(19,20)14-10-15(21-11-12-6-2-1-3-7-12)24-16(23-14)22-13-8-4-5-9-13/h1-3,6-7,10,13H,4-5,8-9,11H2,(H2,21,22,23,24). The molecule has 0 spiro atoms. The van der Waals surface area contributed by atoms with E-state index in [1.54, 1.807) is 0 Å². The van der Waals surface area contributed by atoms with Crippen LogP contribution in [-0.2, 0) is 12.7 Å². The number of nitrogens with one attached hydrogen (secondary N) is 2. The maximum absolute atomic E-state index is 13.1. The lowest BCUT2D eigenvalue weighted by Gasteiger charge is -2.15. The smallest absolute Gasteiger partial charge is 0.366 e. The second kappa shape index (κ2) is 7.07. The minimum atomic E-state index is -4.50. The van der Waals surface area contributed by atoms with Crippen LogP contribution in [0.4, 0.5) is 24.9 Å². The lowest BCUT2D eigenvalue weighted by Crippen LogP contribution is -2.19. The Morgan fingerprint density at radius 2 is 1.75 bits per heavy atom. The second-order valence-electron chi connectivity index (χ2n) is 5.92. The van der Waals surface area contributed by atoms with E-state index in [-0.39, 0.29) is 17.8 Å². The fourth-order valence-corrected chi connectivity index (χ4v) is 2.79.